The molecule has 0 atom stereocenters. The first-order valence-electron chi connectivity index (χ1n) is 4.09. The SMILES string of the molecule is Brc1cnc(N2CCCC2)cn1. The van der Waals surface area contributed by atoms with Crippen LogP contribution in [0, 0.1) is 0 Å². The van der Waals surface area contributed by atoms with Crippen molar-refractivity contribution in [3.05, 3.63) is 17.0 Å². The van der Waals surface area contributed by atoms with Gasteiger partial charge in [-0.15, -0.1) is 0 Å². The van der Waals surface area contributed by atoms with E-state index in [4.69, 9.17) is 0 Å². The molecule has 2 heterocycles. The fourth-order valence-corrected chi connectivity index (χ4v) is 1.62. The molecule has 64 valence electrons. The first kappa shape index (κ1) is 7.98. The summed E-state index contributed by atoms with van der Waals surface area (Å²) in [6.07, 6.45) is 6.11. The van der Waals surface area contributed by atoms with Gasteiger partial charge in [0, 0.05) is 13.1 Å². The van der Waals surface area contributed by atoms with Crippen molar-refractivity contribution in [3.8, 4) is 0 Å². The van der Waals surface area contributed by atoms with Crippen LogP contribution >= 0.6 is 15.9 Å². The second-order valence-electron chi connectivity index (χ2n) is 2.89. The van der Waals surface area contributed by atoms with Crippen molar-refractivity contribution in [1.82, 2.24) is 9.97 Å². The predicted molar refractivity (Wildman–Crippen MR) is 51.2 cm³/mol. The Morgan fingerprint density at radius 2 is 1.92 bits per heavy atom. The van der Waals surface area contributed by atoms with Crippen molar-refractivity contribution in [2.24, 2.45) is 0 Å². The topological polar surface area (TPSA) is 29.0 Å². The van der Waals surface area contributed by atoms with Crippen LogP contribution in [0.3, 0.4) is 0 Å². The van der Waals surface area contributed by atoms with Crippen LogP contribution in [0.1, 0.15) is 12.8 Å². The molecule has 0 bridgehead atoms. The molecule has 0 amide bonds. The van der Waals surface area contributed by atoms with Gasteiger partial charge in [0.05, 0.1) is 12.4 Å². The average Bonchev–Trinajstić information content (AvgIpc) is 2.58. The second-order valence-corrected chi connectivity index (χ2v) is 3.70. The quantitative estimate of drug-likeness (QED) is 0.734. The Balaban J connectivity index is 2.17. The Morgan fingerprint density at radius 3 is 2.50 bits per heavy atom. The molecule has 1 saturated heterocycles. The van der Waals surface area contributed by atoms with Crippen molar-refractivity contribution in [3.63, 3.8) is 0 Å². The van der Waals surface area contributed by atoms with Gasteiger partial charge >= 0.3 is 0 Å². The van der Waals surface area contributed by atoms with Crippen molar-refractivity contribution >= 4 is 21.7 Å². The van der Waals surface area contributed by atoms with Gasteiger partial charge in [0.2, 0.25) is 0 Å². The summed E-state index contributed by atoms with van der Waals surface area (Å²) in [6.45, 7) is 2.24. The van der Waals surface area contributed by atoms with Crippen molar-refractivity contribution in [2.45, 2.75) is 12.8 Å². The van der Waals surface area contributed by atoms with E-state index in [1.165, 1.54) is 12.8 Å². The second kappa shape index (κ2) is 3.39. The van der Waals surface area contributed by atoms with Gasteiger partial charge in [0.15, 0.2) is 0 Å². The number of anilines is 1. The van der Waals surface area contributed by atoms with Crippen LogP contribution in [0.2, 0.25) is 0 Å². The summed E-state index contributed by atoms with van der Waals surface area (Å²) >= 11 is 3.26. The molecule has 0 N–H and O–H groups in total. The van der Waals surface area contributed by atoms with Crippen molar-refractivity contribution < 1.29 is 0 Å². The highest BCUT2D eigenvalue weighted by Crippen LogP contribution is 2.16. The molecule has 3 nitrogen and oxygen atoms in total. The van der Waals surface area contributed by atoms with Crippen LogP contribution in [-0.2, 0) is 0 Å². The van der Waals surface area contributed by atoms with Crippen LogP contribution in [0.4, 0.5) is 5.82 Å². The molecular formula is C8H10BrN3. The fourth-order valence-electron chi connectivity index (χ4n) is 1.41. The smallest absolute Gasteiger partial charge is 0.147 e. The molecule has 2 rings (SSSR count). The monoisotopic (exact) mass is 227 g/mol. The third-order valence-corrected chi connectivity index (χ3v) is 2.45. The minimum Gasteiger partial charge on any atom is -0.355 e. The Bertz CT molecular complexity index is 254. The molecular weight excluding hydrogens is 218 g/mol. The Labute approximate surface area is 80.0 Å². The highest BCUT2D eigenvalue weighted by atomic mass is 79.9. The molecule has 0 radical (unpaired) electrons. The zero-order valence-corrected chi connectivity index (χ0v) is 8.29. The van der Waals surface area contributed by atoms with E-state index >= 15 is 0 Å². The van der Waals surface area contributed by atoms with Crippen molar-refractivity contribution in [1.29, 1.82) is 0 Å². The summed E-state index contributed by atoms with van der Waals surface area (Å²) in [6, 6.07) is 0. The summed E-state index contributed by atoms with van der Waals surface area (Å²) in [4.78, 5) is 10.7. The molecule has 1 aliphatic rings. The summed E-state index contributed by atoms with van der Waals surface area (Å²) < 4.78 is 0.797. The average molecular weight is 228 g/mol. The van der Waals surface area contributed by atoms with Gasteiger partial charge in [-0.3, -0.25) is 0 Å². The van der Waals surface area contributed by atoms with Crippen LogP contribution in [0.15, 0.2) is 17.0 Å². The van der Waals surface area contributed by atoms with E-state index in [2.05, 4.69) is 30.8 Å². The standard InChI is InChI=1S/C8H10BrN3/c9-7-5-11-8(6-10-7)12-3-1-2-4-12/h5-6H,1-4H2. The molecule has 1 aromatic heterocycles. The van der Waals surface area contributed by atoms with Gasteiger partial charge in [0.1, 0.15) is 10.4 Å². The molecule has 4 heteroatoms. The number of rotatable bonds is 1. The molecule has 1 fully saturated rings. The molecule has 0 aromatic carbocycles. The highest BCUT2D eigenvalue weighted by Gasteiger charge is 2.12. The van der Waals surface area contributed by atoms with E-state index in [9.17, 15) is 0 Å². The molecule has 1 aliphatic heterocycles. The molecule has 12 heavy (non-hydrogen) atoms. The lowest BCUT2D eigenvalue weighted by molar-refractivity contribution is 0.923. The third kappa shape index (κ3) is 1.58. The first-order valence-corrected chi connectivity index (χ1v) is 4.88. The lowest BCUT2D eigenvalue weighted by atomic mass is 10.4. The van der Waals surface area contributed by atoms with E-state index in [0.29, 0.717) is 0 Å². The first-order chi connectivity index (χ1) is 5.86. The largest absolute Gasteiger partial charge is 0.355 e. The van der Waals surface area contributed by atoms with E-state index in [0.717, 1.165) is 23.5 Å². The van der Waals surface area contributed by atoms with Gasteiger partial charge < -0.3 is 4.90 Å². The summed E-state index contributed by atoms with van der Waals surface area (Å²) in [5.74, 6) is 0.996. The maximum atomic E-state index is 4.28. The van der Waals surface area contributed by atoms with Crippen LogP contribution < -0.4 is 4.90 Å². The Kier molecular flexibility index (Phi) is 2.26. The van der Waals surface area contributed by atoms with Crippen molar-refractivity contribution in [2.75, 3.05) is 18.0 Å². The number of nitrogens with zero attached hydrogens (tertiary/aromatic N) is 3. The van der Waals surface area contributed by atoms with Crippen LogP contribution in [0.25, 0.3) is 0 Å². The minimum atomic E-state index is 0.797. The normalized spacial score (nSPS) is 16.9. The molecule has 0 saturated carbocycles. The molecule has 0 aliphatic carbocycles. The molecule has 0 unspecified atom stereocenters. The zero-order chi connectivity index (χ0) is 8.39. The maximum Gasteiger partial charge on any atom is 0.147 e. The van der Waals surface area contributed by atoms with Crippen LogP contribution in [0.5, 0.6) is 0 Å². The van der Waals surface area contributed by atoms with E-state index < -0.39 is 0 Å². The lowest BCUT2D eigenvalue weighted by Gasteiger charge is -2.14. The number of halogens is 1. The number of hydrogen-bond acceptors (Lipinski definition) is 3. The predicted octanol–water partition coefficient (Wildman–Crippen LogP) is 1.84. The number of aromatic nitrogens is 2. The zero-order valence-electron chi connectivity index (χ0n) is 6.70. The van der Waals surface area contributed by atoms with Gasteiger partial charge in [-0.2, -0.15) is 0 Å². The third-order valence-electron chi connectivity index (χ3n) is 2.04. The Hall–Kier alpha value is -0.640. The summed E-state index contributed by atoms with van der Waals surface area (Å²) in [7, 11) is 0. The Morgan fingerprint density at radius 1 is 1.17 bits per heavy atom. The molecule has 1 aromatic rings. The lowest BCUT2D eigenvalue weighted by Crippen LogP contribution is -2.18. The fraction of sp³-hybridized carbons (Fsp3) is 0.500. The van der Waals surface area contributed by atoms with Gasteiger partial charge in [-0.25, -0.2) is 9.97 Å². The van der Waals surface area contributed by atoms with Gasteiger partial charge in [-0.05, 0) is 28.8 Å². The summed E-state index contributed by atoms with van der Waals surface area (Å²) in [5.41, 5.74) is 0. The van der Waals surface area contributed by atoms with E-state index in [1.54, 1.807) is 6.20 Å². The molecule has 0 spiro atoms. The maximum absolute atomic E-state index is 4.28. The number of hydrogen-bond donors (Lipinski definition) is 0. The van der Waals surface area contributed by atoms with Gasteiger partial charge in [-0.1, -0.05) is 0 Å². The van der Waals surface area contributed by atoms with Crippen LogP contribution in [-0.4, -0.2) is 23.1 Å². The van der Waals surface area contributed by atoms with E-state index in [1.807, 2.05) is 6.20 Å². The minimum absolute atomic E-state index is 0.797. The van der Waals surface area contributed by atoms with Gasteiger partial charge in [0.25, 0.3) is 0 Å². The summed E-state index contributed by atoms with van der Waals surface area (Å²) in [5, 5.41) is 0. The van der Waals surface area contributed by atoms with E-state index in [-0.39, 0.29) is 0 Å². The highest BCUT2D eigenvalue weighted by molar-refractivity contribution is 9.10.